The predicted octanol–water partition coefficient (Wildman–Crippen LogP) is 4.91. The Balaban J connectivity index is 2.61. The van der Waals surface area contributed by atoms with Gasteiger partial charge in [0, 0.05) is 11.3 Å². The number of hydrogen-bond acceptors (Lipinski definition) is 2. The van der Waals surface area contributed by atoms with Gasteiger partial charge in [0.15, 0.2) is 5.82 Å². The third-order valence-corrected chi connectivity index (χ3v) is 2.98. The predicted molar refractivity (Wildman–Crippen MR) is 71.4 cm³/mol. The minimum Gasteiger partial charge on any atom is -0.233 e. The molecule has 0 N–H and O–H groups in total. The van der Waals surface area contributed by atoms with Gasteiger partial charge in [-0.25, -0.2) is 14.4 Å². The lowest BCUT2D eigenvalue weighted by atomic mass is 10.1. The molecule has 7 heteroatoms. The van der Waals surface area contributed by atoms with E-state index in [1.807, 2.05) is 6.92 Å². The largest absolute Gasteiger partial charge is 0.417 e. The molecule has 0 saturated carbocycles. The molecule has 1 aromatic carbocycles. The number of nitrogens with zero attached hydrogens (tertiary/aromatic N) is 2. The van der Waals surface area contributed by atoms with Crippen LogP contribution in [0.25, 0.3) is 11.4 Å². The van der Waals surface area contributed by atoms with Crippen LogP contribution in [0.2, 0.25) is 5.15 Å². The second kappa shape index (κ2) is 5.97. The van der Waals surface area contributed by atoms with Crippen molar-refractivity contribution in [1.29, 1.82) is 0 Å². The van der Waals surface area contributed by atoms with Gasteiger partial charge in [0.25, 0.3) is 0 Å². The van der Waals surface area contributed by atoms with E-state index in [4.69, 9.17) is 11.6 Å². The van der Waals surface area contributed by atoms with E-state index < -0.39 is 17.6 Å². The average molecular weight is 319 g/mol. The molecule has 1 aromatic heterocycles. The third-order valence-electron chi connectivity index (χ3n) is 2.78. The van der Waals surface area contributed by atoms with E-state index in [-0.39, 0.29) is 16.5 Å². The van der Waals surface area contributed by atoms with Gasteiger partial charge in [-0.2, -0.15) is 13.2 Å². The highest BCUT2D eigenvalue weighted by Crippen LogP contribution is 2.36. The van der Waals surface area contributed by atoms with Crippen molar-refractivity contribution in [3.05, 3.63) is 46.5 Å². The summed E-state index contributed by atoms with van der Waals surface area (Å²) in [4.78, 5) is 7.90. The van der Waals surface area contributed by atoms with Crippen LogP contribution >= 0.6 is 11.6 Å². The fourth-order valence-corrected chi connectivity index (χ4v) is 2.12. The maximum atomic E-state index is 13.1. The molecule has 0 saturated heterocycles. The Morgan fingerprint density at radius 3 is 2.48 bits per heavy atom. The van der Waals surface area contributed by atoms with Crippen molar-refractivity contribution < 1.29 is 17.6 Å². The molecule has 0 radical (unpaired) electrons. The molecule has 0 fully saturated rings. The maximum absolute atomic E-state index is 13.1. The SMILES string of the molecule is CCCc1cc(Cl)nc(-c2ccc(F)cc2C(F)(F)F)n1. The number of halogens is 5. The van der Waals surface area contributed by atoms with Gasteiger partial charge in [0.2, 0.25) is 0 Å². The van der Waals surface area contributed by atoms with Gasteiger partial charge in [0.05, 0.1) is 5.56 Å². The number of alkyl halides is 3. The average Bonchev–Trinajstić information content (AvgIpc) is 2.37. The minimum absolute atomic E-state index is 0.0564. The number of aryl methyl sites for hydroxylation is 1. The van der Waals surface area contributed by atoms with E-state index in [1.54, 1.807) is 0 Å². The van der Waals surface area contributed by atoms with E-state index in [2.05, 4.69) is 9.97 Å². The van der Waals surface area contributed by atoms with Crippen LogP contribution in [-0.4, -0.2) is 9.97 Å². The molecule has 1 heterocycles. The van der Waals surface area contributed by atoms with Gasteiger partial charge in [-0.05, 0) is 30.7 Å². The molecule has 0 atom stereocenters. The lowest BCUT2D eigenvalue weighted by Crippen LogP contribution is -2.09. The highest BCUT2D eigenvalue weighted by molar-refractivity contribution is 6.29. The quantitative estimate of drug-likeness (QED) is 0.593. The third kappa shape index (κ3) is 3.69. The Kier molecular flexibility index (Phi) is 4.46. The van der Waals surface area contributed by atoms with Crippen LogP contribution in [0, 0.1) is 5.82 Å². The van der Waals surface area contributed by atoms with E-state index >= 15 is 0 Å². The van der Waals surface area contributed by atoms with Crippen LogP contribution < -0.4 is 0 Å². The second-order valence-electron chi connectivity index (χ2n) is 4.44. The molecule has 0 aliphatic carbocycles. The first kappa shape index (κ1) is 15.7. The Morgan fingerprint density at radius 2 is 1.86 bits per heavy atom. The molecule has 21 heavy (non-hydrogen) atoms. The van der Waals surface area contributed by atoms with Gasteiger partial charge in [-0.3, -0.25) is 0 Å². The highest BCUT2D eigenvalue weighted by atomic mass is 35.5. The summed E-state index contributed by atoms with van der Waals surface area (Å²) in [5.41, 5.74) is -0.860. The number of aromatic nitrogens is 2. The zero-order valence-corrected chi connectivity index (χ0v) is 11.8. The van der Waals surface area contributed by atoms with Crippen molar-refractivity contribution in [1.82, 2.24) is 9.97 Å². The molecule has 112 valence electrons. The standard InChI is InChI=1S/C14H11ClF4N2/c1-2-3-9-7-12(15)21-13(20-9)10-5-4-8(16)6-11(10)14(17,18)19/h4-7H,2-3H2,1H3. The topological polar surface area (TPSA) is 25.8 Å². The van der Waals surface area contributed by atoms with Crippen molar-refractivity contribution in [3.8, 4) is 11.4 Å². The van der Waals surface area contributed by atoms with Crippen LogP contribution in [0.1, 0.15) is 24.6 Å². The van der Waals surface area contributed by atoms with Gasteiger partial charge >= 0.3 is 6.18 Å². The zero-order chi connectivity index (χ0) is 15.6. The van der Waals surface area contributed by atoms with Crippen molar-refractivity contribution in [2.45, 2.75) is 25.9 Å². The summed E-state index contributed by atoms with van der Waals surface area (Å²) >= 11 is 5.83. The molecule has 0 aliphatic rings. The zero-order valence-electron chi connectivity index (χ0n) is 11.0. The van der Waals surface area contributed by atoms with Crippen LogP contribution in [0.4, 0.5) is 17.6 Å². The Hall–Kier alpha value is -1.69. The molecular weight excluding hydrogens is 308 g/mol. The molecule has 2 aromatic rings. The molecule has 2 nitrogen and oxygen atoms in total. The summed E-state index contributed by atoms with van der Waals surface area (Å²) in [6.45, 7) is 1.91. The molecular formula is C14H11ClF4N2. The summed E-state index contributed by atoms with van der Waals surface area (Å²) in [7, 11) is 0. The van der Waals surface area contributed by atoms with Crippen molar-refractivity contribution in [2.24, 2.45) is 0 Å². The molecule has 2 rings (SSSR count). The summed E-state index contributed by atoms with van der Waals surface area (Å²) in [5.74, 6) is -1.12. The fraction of sp³-hybridized carbons (Fsp3) is 0.286. The Morgan fingerprint density at radius 1 is 1.14 bits per heavy atom. The van der Waals surface area contributed by atoms with Gasteiger partial charge < -0.3 is 0 Å². The molecule has 0 amide bonds. The summed E-state index contributed by atoms with van der Waals surface area (Å²) in [6.07, 6.45) is -3.37. The van der Waals surface area contributed by atoms with E-state index in [0.717, 1.165) is 18.6 Å². The first-order valence-corrected chi connectivity index (χ1v) is 6.59. The van der Waals surface area contributed by atoms with Crippen LogP contribution in [0.15, 0.2) is 24.3 Å². The number of rotatable bonds is 3. The van der Waals surface area contributed by atoms with Gasteiger partial charge in [0.1, 0.15) is 11.0 Å². The van der Waals surface area contributed by atoms with Crippen molar-refractivity contribution >= 4 is 11.6 Å². The Labute approximate surface area is 123 Å². The minimum atomic E-state index is -4.70. The van der Waals surface area contributed by atoms with Crippen LogP contribution in [0.5, 0.6) is 0 Å². The van der Waals surface area contributed by atoms with Gasteiger partial charge in [-0.15, -0.1) is 0 Å². The lowest BCUT2D eigenvalue weighted by Gasteiger charge is -2.13. The van der Waals surface area contributed by atoms with Crippen LogP contribution in [-0.2, 0) is 12.6 Å². The van der Waals surface area contributed by atoms with Crippen molar-refractivity contribution in [3.63, 3.8) is 0 Å². The van der Waals surface area contributed by atoms with E-state index in [9.17, 15) is 17.6 Å². The number of benzene rings is 1. The van der Waals surface area contributed by atoms with Gasteiger partial charge in [-0.1, -0.05) is 24.9 Å². The highest BCUT2D eigenvalue weighted by Gasteiger charge is 2.35. The smallest absolute Gasteiger partial charge is 0.233 e. The number of hydrogen-bond donors (Lipinski definition) is 0. The fourth-order valence-electron chi connectivity index (χ4n) is 1.91. The molecule has 0 unspecified atom stereocenters. The summed E-state index contributed by atoms with van der Waals surface area (Å²) < 4.78 is 52.1. The van der Waals surface area contributed by atoms with E-state index in [0.29, 0.717) is 18.2 Å². The second-order valence-corrected chi connectivity index (χ2v) is 4.83. The molecule has 0 bridgehead atoms. The maximum Gasteiger partial charge on any atom is 0.417 e. The first-order valence-electron chi connectivity index (χ1n) is 6.22. The Bertz CT molecular complexity index is 656. The monoisotopic (exact) mass is 318 g/mol. The molecule has 0 spiro atoms. The van der Waals surface area contributed by atoms with Crippen molar-refractivity contribution in [2.75, 3.05) is 0 Å². The summed E-state index contributed by atoms with van der Waals surface area (Å²) in [5, 5.41) is 0.0564. The normalized spacial score (nSPS) is 11.7. The lowest BCUT2D eigenvalue weighted by molar-refractivity contribution is -0.137. The summed E-state index contributed by atoms with van der Waals surface area (Å²) in [6, 6.07) is 3.89. The molecule has 0 aliphatic heterocycles. The van der Waals surface area contributed by atoms with Crippen LogP contribution in [0.3, 0.4) is 0 Å². The first-order chi connectivity index (χ1) is 9.81. The van der Waals surface area contributed by atoms with E-state index in [1.165, 1.54) is 6.07 Å².